The minimum Gasteiger partial charge on any atom is -0.497 e. The third-order valence-corrected chi connectivity index (χ3v) is 6.68. The van der Waals surface area contributed by atoms with E-state index in [9.17, 15) is 4.79 Å². The average Bonchev–Trinajstić information content (AvgIpc) is 2.76. The lowest BCUT2D eigenvalue weighted by molar-refractivity contribution is 0.0887. The number of methoxy groups -OCH3 is 1. The van der Waals surface area contributed by atoms with Crippen LogP contribution in [0.15, 0.2) is 29.3 Å². The van der Waals surface area contributed by atoms with E-state index in [4.69, 9.17) is 4.74 Å². The van der Waals surface area contributed by atoms with Gasteiger partial charge in [0, 0.05) is 18.5 Å². The zero-order valence-corrected chi connectivity index (χ0v) is 20.3. The summed E-state index contributed by atoms with van der Waals surface area (Å²) in [6.45, 7) is 7.71. The van der Waals surface area contributed by atoms with Crippen LogP contribution in [0.2, 0.25) is 0 Å². The van der Waals surface area contributed by atoms with Crippen LogP contribution in [0.4, 0.5) is 0 Å². The Morgan fingerprint density at radius 1 is 1.29 bits per heavy atom. The molecule has 2 heterocycles. The maximum Gasteiger partial charge on any atom is 0.255 e. The highest BCUT2D eigenvalue weighted by molar-refractivity contribution is 7.98. The molecule has 0 saturated carbocycles. The van der Waals surface area contributed by atoms with Crippen molar-refractivity contribution >= 4 is 17.7 Å². The van der Waals surface area contributed by atoms with E-state index >= 15 is 0 Å². The molecule has 2 unspecified atom stereocenters. The minimum absolute atomic E-state index is 0.0844. The Morgan fingerprint density at radius 2 is 2.00 bits per heavy atom. The number of hydrogen-bond acceptors (Lipinski definition) is 6. The van der Waals surface area contributed by atoms with Gasteiger partial charge in [-0.15, -0.1) is 11.8 Å². The van der Waals surface area contributed by atoms with E-state index < -0.39 is 0 Å². The molecule has 1 aromatic heterocycles. The van der Waals surface area contributed by atoms with Gasteiger partial charge in [0.2, 0.25) is 0 Å². The van der Waals surface area contributed by atoms with Gasteiger partial charge in [-0.3, -0.25) is 9.69 Å². The van der Waals surface area contributed by atoms with Crippen LogP contribution in [0.1, 0.15) is 66.1 Å². The van der Waals surface area contributed by atoms with Crippen LogP contribution in [0.5, 0.6) is 5.75 Å². The summed E-state index contributed by atoms with van der Waals surface area (Å²) in [7, 11) is 3.85. The van der Waals surface area contributed by atoms with Gasteiger partial charge in [-0.25, -0.2) is 9.97 Å². The molecular weight excluding hydrogens is 408 g/mol. The fraction of sp³-hybridized carbons (Fsp3) is 0.542. The number of benzene rings is 1. The quantitative estimate of drug-likeness (QED) is 0.505. The van der Waals surface area contributed by atoms with Crippen LogP contribution in [0.3, 0.4) is 0 Å². The van der Waals surface area contributed by atoms with E-state index in [1.54, 1.807) is 7.11 Å². The number of rotatable bonds is 7. The molecule has 0 radical (unpaired) electrons. The Balaban J connectivity index is 1.77. The second-order valence-corrected chi connectivity index (χ2v) is 9.31. The van der Waals surface area contributed by atoms with Crippen LogP contribution in [-0.4, -0.2) is 54.3 Å². The molecule has 31 heavy (non-hydrogen) atoms. The maximum absolute atomic E-state index is 13.1. The average molecular weight is 443 g/mol. The number of piperidine rings is 1. The van der Waals surface area contributed by atoms with Crippen molar-refractivity contribution < 1.29 is 9.53 Å². The van der Waals surface area contributed by atoms with Crippen LogP contribution in [0, 0.1) is 12.8 Å². The Hall–Kier alpha value is -2.12. The topological polar surface area (TPSA) is 67.3 Å². The van der Waals surface area contributed by atoms with Crippen LogP contribution >= 0.6 is 11.8 Å². The first-order valence-corrected chi connectivity index (χ1v) is 12.1. The number of carbonyl (C=O) groups is 1. The summed E-state index contributed by atoms with van der Waals surface area (Å²) in [6.07, 6.45) is 4.17. The summed E-state index contributed by atoms with van der Waals surface area (Å²) in [5, 5.41) is 3.94. The molecule has 1 aliphatic heterocycles. The lowest BCUT2D eigenvalue weighted by atomic mass is 9.85. The predicted molar refractivity (Wildman–Crippen MR) is 126 cm³/mol. The Kier molecular flexibility index (Phi) is 7.94. The lowest BCUT2D eigenvalue weighted by Crippen LogP contribution is -2.42. The van der Waals surface area contributed by atoms with Crippen molar-refractivity contribution in [2.24, 2.45) is 5.92 Å². The zero-order chi connectivity index (χ0) is 22.5. The number of nitrogens with one attached hydrogen (secondary N) is 1. The third-order valence-electron chi connectivity index (χ3n) is 6.00. The van der Waals surface area contributed by atoms with E-state index in [2.05, 4.69) is 53.2 Å². The second kappa shape index (κ2) is 10.5. The zero-order valence-electron chi connectivity index (χ0n) is 19.4. The van der Waals surface area contributed by atoms with Gasteiger partial charge in [0.25, 0.3) is 5.91 Å². The smallest absolute Gasteiger partial charge is 0.255 e. The summed E-state index contributed by atoms with van der Waals surface area (Å²) < 4.78 is 5.31. The third kappa shape index (κ3) is 5.39. The molecule has 1 amide bonds. The number of aryl methyl sites for hydroxylation is 1. The number of ether oxygens (including phenoxy) is 1. The number of likely N-dealkylation sites (tertiary alicyclic amines) is 1. The summed E-state index contributed by atoms with van der Waals surface area (Å²) in [5.74, 6) is 2.12. The van der Waals surface area contributed by atoms with Gasteiger partial charge in [-0.1, -0.05) is 26.0 Å². The van der Waals surface area contributed by atoms with Crippen molar-refractivity contribution in [2.45, 2.75) is 50.6 Å². The van der Waals surface area contributed by atoms with Crippen molar-refractivity contribution in [1.82, 2.24) is 20.2 Å². The molecule has 7 heteroatoms. The van der Waals surface area contributed by atoms with Gasteiger partial charge >= 0.3 is 0 Å². The Labute approximate surface area is 190 Å². The van der Waals surface area contributed by atoms with Crippen molar-refractivity contribution in [3.05, 3.63) is 46.9 Å². The molecule has 168 valence electrons. The summed E-state index contributed by atoms with van der Waals surface area (Å²) in [4.78, 5) is 24.7. The largest absolute Gasteiger partial charge is 0.497 e. The van der Waals surface area contributed by atoms with Crippen molar-refractivity contribution in [2.75, 3.05) is 33.5 Å². The first kappa shape index (κ1) is 23.5. The van der Waals surface area contributed by atoms with Crippen LogP contribution < -0.4 is 10.1 Å². The molecule has 1 aliphatic rings. The number of amides is 1. The van der Waals surface area contributed by atoms with E-state index in [0.29, 0.717) is 18.0 Å². The van der Waals surface area contributed by atoms with Gasteiger partial charge < -0.3 is 10.1 Å². The second-order valence-electron chi connectivity index (χ2n) is 8.52. The van der Waals surface area contributed by atoms with Crippen LogP contribution in [-0.2, 0) is 0 Å². The number of nitrogens with zero attached hydrogens (tertiary/aromatic N) is 3. The van der Waals surface area contributed by atoms with Crippen molar-refractivity contribution in [3.8, 4) is 5.75 Å². The number of thioether (sulfide) groups is 1. The standard InChI is InChI=1S/C24H34N4O2S/c1-15(2)22-26-16(3)20(24(27-22)31-6)23(29)25-14-18-8-7-13-28(4)21(18)17-9-11-19(30-5)12-10-17/h9-12,15,18,21H,7-8,13-14H2,1-6H3,(H,25,29). The first-order chi connectivity index (χ1) is 14.8. The van der Waals surface area contributed by atoms with Crippen LogP contribution in [0.25, 0.3) is 0 Å². The Morgan fingerprint density at radius 3 is 2.61 bits per heavy atom. The van der Waals surface area contributed by atoms with Gasteiger partial charge in [0.1, 0.15) is 16.6 Å². The van der Waals surface area contributed by atoms with Gasteiger partial charge in [-0.2, -0.15) is 0 Å². The molecule has 2 aromatic rings. The van der Waals surface area contributed by atoms with E-state index in [1.165, 1.54) is 17.3 Å². The molecule has 1 fully saturated rings. The van der Waals surface area contributed by atoms with Crippen molar-refractivity contribution in [1.29, 1.82) is 0 Å². The number of aromatic nitrogens is 2. The number of hydrogen-bond donors (Lipinski definition) is 1. The van der Waals surface area contributed by atoms with E-state index in [1.807, 2.05) is 25.3 Å². The highest BCUT2D eigenvalue weighted by atomic mass is 32.2. The first-order valence-electron chi connectivity index (χ1n) is 10.9. The van der Waals surface area contributed by atoms with Crippen molar-refractivity contribution in [3.63, 3.8) is 0 Å². The van der Waals surface area contributed by atoms with Gasteiger partial charge in [0.15, 0.2) is 0 Å². The fourth-order valence-corrected chi connectivity index (χ4v) is 4.98. The normalized spacial score (nSPS) is 19.5. The molecule has 0 spiro atoms. The molecular formula is C24H34N4O2S. The van der Waals surface area contributed by atoms with E-state index in [0.717, 1.165) is 41.7 Å². The summed E-state index contributed by atoms with van der Waals surface area (Å²) in [5.41, 5.74) is 2.60. The summed E-state index contributed by atoms with van der Waals surface area (Å²) in [6, 6.07) is 8.55. The maximum atomic E-state index is 13.1. The fourth-order valence-electron chi connectivity index (χ4n) is 4.35. The molecule has 2 atom stereocenters. The molecule has 1 N–H and O–H groups in total. The summed E-state index contributed by atoms with van der Waals surface area (Å²) >= 11 is 1.50. The predicted octanol–water partition coefficient (Wildman–Crippen LogP) is 4.45. The molecule has 6 nitrogen and oxygen atoms in total. The highest BCUT2D eigenvalue weighted by Crippen LogP contribution is 2.35. The molecule has 3 rings (SSSR count). The number of carbonyl (C=O) groups excluding carboxylic acids is 1. The SMILES string of the molecule is COc1ccc(C2C(CNC(=O)c3c(C)nc(C(C)C)nc3SC)CCCN2C)cc1. The molecule has 1 aromatic carbocycles. The molecule has 0 aliphatic carbocycles. The highest BCUT2D eigenvalue weighted by Gasteiger charge is 2.31. The molecule has 0 bridgehead atoms. The molecule has 1 saturated heterocycles. The van der Waals surface area contributed by atoms with Gasteiger partial charge in [0.05, 0.1) is 18.4 Å². The Bertz CT molecular complexity index is 901. The van der Waals surface area contributed by atoms with Gasteiger partial charge in [-0.05, 0) is 63.2 Å². The minimum atomic E-state index is -0.0844. The monoisotopic (exact) mass is 442 g/mol. The lowest BCUT2D eigenvalue weighted by Gasteiger charge is -2.39. The van der Waals surface area contributed by atoms with E-state index in [-0.39, 0.29) is 17.9 Å².